The lowest BCUT2D eigenvalue weighted by atomic mass is 9.93. The fraction of sp³-hybridized carbons (Fsp3) is 0.300. The number of fused-ring (bicyclic) bond motifs is 3. The number of hydrogen-bond acceptors (Lipinski definition) is 3. The maximum absolute atomic E-state index is 11.0. The number of carbonyl (C=O) groups excluding carboxylic acids is 1. The molecule has 1 unspecified atom stereocenters. The molecule has 1 aliphatic heterocycles. The van der Waals surface area contributed by atoms with E-state index < -0.39 is 0 Å². The van der Waals surface area contributed by atoms with Crippen molar-refractivity contribution in [2.24, 2.45) is 0 Å². The van der Waals surface area contributed by atoms with Crippen LogP contribution in [-0.4, -0.2) is 12.1 Å². The Bertz CT molecular complexity index is 403. The smallest absolute Gasteiger partial charge is 0.331 e. The van der Waals surface area contributed by atoms with E-state index in [1.165, 1.54) is 10.4 Å². The van der Waals surface area contributed by atoms with E-state index in [1.54, 1.807) is 17.4 Å². The zero-order valence-electron chi connectivity index (χ0n) is 6.95. The molecule has 0 saturated carbocycles. The van der Waals surface area contributed by atoms with Gasteiger partial charge in [0.2, 0.25) is 0 Å². The summed E-state index contributed by atoms with van der Waals surface area (Å²) >= 11 is 1.70. The molecule has 0 radical (unpaired) electrons. The van der Waals surface area contributed by atoms with Crippen LogP contribution in [0.15, 0.2) is 17.5 Å². The van der Waals surface area contributed by atoms with Crippen LogP contribution < -0.4 is 0 Å². The van der Waals surface area contributed by atoms with Gasteiger partial charge in [-0.2, -0.15) is 0 Å². The molecular weight excluding hydrogens is 184 g/mol. The fourth-order valence-corrected chi connectivity index (χ4v) is 2.97. The Morgan fingerprint density at radius 3 is 3.38 bits per heavy atom. The van der Waals surface area contributed by atoms with E-state index in [0.29, 0.717) is 0 Å². The van der Waals surface area contributed by atoms with Crippen LogP contribution in [-0.2, 0) is 16.0 Å². The number of carbonyl (C=O) groups is 1. The van der Waals surface area contributed by atoms with Gasteiger partial charge in [-0.1, -0.05) is 0 Å². The third-order valence-corrected chi connectivity index (χ3v) is 3.57. The first-order valence-corrected chi connectivity index (χ1v) is 5.21. The summed E-state index contributed by atoms with van der Waals surface area (Å²) in [5.41, 5.74) is 2.46. The molecule has 1 aromatic heterocycles. The molecule has 1 atom stereocenters. The predicted molar refractivity (Wildman–Crippen MR) is 50.5 cm³/mol. The first-order valence-electron chi connectivity index (χ1n) is 4.33. The van der Waals surface area contributed by atoms with E-state index in [9.17, 15) is 4.79 Å². The highest BCUT2D eigenvalue weighted by Gasteiger charge is 2.32. The Kier molecular flexibility index (Phi) is 1.38. The van der Waals surface area contributed by atoms with Gasteiger partial charge in [0.25, 0.3) is 0 Å². The van der Waals surface area contributed by atoms with Crippen molar-refractivity contribution in [2.75, 3.05) is 0 Å². The summed E-state index contributed by atoms with van der Waals surface area (Å²) in [6.45, 7) is 0. The van der Waals surface area contributed by atoms with Crippen molar-refractivity contribution in [3.63, 3.8) is 0 Å². The van der Waals surface area contributed by atoms with E-state index in [1.807, 2.05) is 0 Å². The Morgan fingerprint density at radius 2 is 2.46 bits per heavy atom. The van der Waals surface area contributed by atoms with Crippen molar-refractivity contribution in [3.8, 4) is 0 Å². The SMILES string of the molecule is O=C1C=C2c3sccc3CCC2O1. The third kappa shape index (κ3) is 0.968. The Hall–Kier alpha value is -1.09. The quantitative estimate of drug-likeness (QED) is 0.588. The number of esters is 1. The van der Waals surface area contributed by atoms with Crippen LogP contribution in [0.5, 0.6) is 0 Å². The molecule has 0 bridgehead atoms. The van der Waals surface area contributed by atoms with Crippen molar-refractivity contribution in [3.05, 3.63) is 28.0 Å². The summed E-state index contributed by atoms with van der Waals surface area (Å²) < 4.78 is 5.17. The van der Waals surface area contributed by atoms with Gasteiger partial charge in [0.1, 0.15) is 6.10 Å². The van der Waals surface area contributed by atoms with Crippen LogP contribution in [0, 0.1) is 0 Å². The van der Waals surface area contributed by atoms with Gasteiger partial charge in [-0.3, -0.25) is 0 Å². The highest BCUT2D eigenvalue weighted by molar-refractivity contribution is 7.11. The highest BCUT2D eigenvalue weighted by atomic mass is 32.1. The molecule has 0 N–H and O–H groups in total. The van der Waals surface area contributed by atoms with Gasteiger partial charge in [0.05, 0.1) is 0 Å². The van der Waals surface area contributed by atoms with Crippen molar-refractivity contribution >= 4 is 22.9 Å². The number of ether oxygens (including phenoxy) is 1. The molecule has 0 amide bonds. The minimum absolute atomic E-state index is 0.0404. The van der Waals surface area contributed by atoms with Gasteiger partial charge in [0, 0.05) is 16.5 Å². The summed E-state index contributed by atoms with van der Waals surface area (Å²) in [7, 11) is 0. The van der Waals surface area contributed by atoms with Crippen LogP contribution in [0.1, 0.15) is 16.9 Å². The number of aryl methyl sites for hydroxylation is 1. The standard InChI is InChI=1S/C10H8O2S/c11-9-5-7-8(12-9)2-1-6-3-4-13-10(6)7/h3-5,8H,1-2H2. The van der Waals surface area contributed by atoms with Crippen LogP contribution in [0.4, 0.5) is 0 Å². The zero-order chi connectivity index (χ0) is 8.84. The van der Waals surface area contributed by atoms with E-state index in [4.69, 9.17) is 4.74 Å². The molecule has 0 fully saturated rings. The molecule has 3 heteroatoms. The Balaban J connectivity index is 2.16. The predicted octanol–water partition coefficient (Wildman–Crippen LogP) is 2.00. The minimum atomic E-state index is -0.179. The van der Waals surface area contributed by atoms with Gasteiger partial charge in [-0.15, -0.1) is 11.3 Å². The van der Waals surface area contributed by atoms with Crippen molar-refractivity contribution in [1.29, 1.82) is 0 Å². The number of rotatable bonds is 0. The largest absolute Gasteiger partial charge is 0.454 e. The maximum Gasteiger partial charge on any atom is 0.331 e. The zero-order valence-corrected chi connectivity index (χ0v) is 7.76. The van der Waals surface area contributed by atoms with Gasteiger partial charge in [-0.05, 0) is 29.9 Å². The average Bonchev–Trinajstić information content (AvgIpc) is 2.65. The molecule has 2 aliphatic rings. The molecule has 1 aromatic rings. The molecule has 3 rings (SSSR count). The number of thiophene rings is 1. The lowest BCUT2D eigenvalue weighted by molar-refractivity contribution is -0.138. The maximum atomic E-state index is 11.0. The molecule has 2 heterocycles. The first kappa shape index (κ1) is 7.33. The van der Waals surface area contributed by atoms with E-state index in [2.05, 4.69) is 11.4 Å². The van der Waals surface area contributed by atoms with Gasteiger partial charge >= 0.3 is 5.97 Å². The van der Waals surface area contributed by atoms with E-state index in [-0.39, 0.29) is 12.1 Å². The van der Waals surface area contributed by atoms with E-state index >= 15 is 0 Å². The van der Waals surface area contributed by atoms with Gasteiger partial charge in [-0.25, -0.2) is 4.79 Å². The summed E-state index contributed by atoms with van der Waals surface area (Å²) in [5.74, 6) is -0.179. The van der Waals surface area contributed by atoms with Crippen LogP contribution >= 0.6 is 11.3 Å². The topological polar surface area (TPSA) is 26.3 Å². The molecule has 2 nitrogen and oxygen atoms in total. The van der Waals surface area contributed by atoms with Crippen LogP contribution in [0.2, 0.25) is 0 Å². The van der Waals surface area contributed by atoms with Gasteiger partial charge < -0.3 is 4.74 Å². The Labute approximate surface area is 79.8 Å². The molecule has 0 saturated heterocycles. The minimum Gasteiger partial charge on any atom is -0.454 e. The van der Waals surface area contributed by atoms with Crippen LogP contribution in [0.3, 0.4) is 0 Å². The third-order valence-electron chi connectivity index (χ3n) is 2.56. The summed E-state index contributed by atoms with van der Waals surface area (Å²) in [4.78, 5) is 12.3. The lowest BCUT2D eigenvalue weighted by Crippen LogP contribution is -2.16. The van der Waals surface area contributed by atoms with Crippen LogP contribution in [0.25, 0.3) is 5.57 Å². The second-order valence-corrected chi connectivity index (χ2v) is 4.25. The van der Waals surface area contributed by atoms with Crippen molar-refractivity contribution < 1.29 is 9.53 Å². The van der Waals surface area contributed by atoms with Gasteiger partial charge in [0.15, 0.2) is 0 Å². The molecule has 1 aliphatic carbocycles. The molecule has 0 spiro atoms. The summed E-state index contributed by atoms with van der Waals surface area (Å²) in [6.07, 6.45) is 3.66. The monoisotopic (exact) mass is 192 g/mol. The number of hydrogen-bond donors (Lipinski definition) is 0. The van der Waals surface area contributed by atoms with E-state index in [0.717, 1.165) is 18.4 Å². The lowest BCUT2D eigenvalue weighted by Gasteiger charge is -2.19. The second-order valence-electron chi connectivity index (χ2n) is 3.34. The molecule has 66 valence electrons. The van der Waals surface area contributed by atoms with Crippen molar-refractivity contribution in [2.45, 2.75) is 18.9 Å². The normalized spacial score (nSPS) is 24.8. The fourth-order valence-electron chi connectivity index (χ4n) is 1.96. The van der Waals surface area contributed by atoms with Crippen molar-refractivity contribution in [1.82, 2.24) is 0 Å². The Morgan fingerprint density at radius 1 is 1.54 bits per heavy atom. The second kappa shape index (κ2) is 2.45. The summed E-state index contributed by atoms with van der Waals surface area (Å²) in [5, 5.41) is 2.08. The molecule has 0 aromatic carbocycles. The summed E-state index contributed by atoms with van der Waals surface area (Å²) in [6, 6.07) is 2.14. The first-order chi connectivity index (χ1) is 6.34. The highest BCUT2D eigenvalue weighted by Crippen LogP contribution is 2.39. The molecule has 13 heavy (non-hydrogen) atoms. The average molecular weight is 192 g/mol. The molecular formula is C10H8O2S.